The minimum Gasteiger partial charge on any atom is -0.329 e. The Morgan fingerprint density at radius 3 is 1.88 bits per heavy atom. The minimum absolute atomic E-state index is 0.282. The molecule has 0 bridgehead atoms. The van der Waals surface area contributed by atoms with Crippen LogP contribution in [0.5, 0.6) is 0 Å². The van der Waals surface area contributed by atoms with Gasteiger partial charge in [-0.1, -0.05) is 26.7 Å². The van der Waals surface area contributed by atoms with Gasteiger partial charge in [0, 0.05) is 38.3 Å². The maximum absolute atomic E-state index is 6.09. The number of hydrogen-bond acceptors (Lipinski definition) is 3. The lowest BCUT2D eigenvalue weighted by Crippen LogP contribution is -2.59. The average molecular weight is 227 g/mol. The normalized spacial score (nSPS) is 20.2. The SMILES string of the molecule is CCCC(CN)(CCC)N1CCN(C)CC1. The van der Waals surface area contributed by atoms with E-state index in [9.17, 15) is 0 Å². The van der Waals surface area contributed by atoms with Crippen LogP contribution in [0.4, 0.5) is 0 Å². The van der Waals surface area contributed by atoms with E-state index in [0.717, 1.165) is 6.54 Å². The zero-order chi connectivity index (χ0) is 12.0. The molecule has 0 aliphatic carbocycles. The molecule has 0 unspecified atom stereocenters. The molecule has 0 radical (unpaired) electrons. The summed E-state index contributed by atoms with van der Waals surface area (Å²) in [6, 6.07) is 0. The molecule has 1 heterocycles. The summed E-state index contributed by atoms with van der Waals surface area (Å²) in [4.78, 5) is 5.07. The second kappa shape index (κ2) is 6.58. The highest BCUT2D eigenvalue weighted by Gasteiger charge is 2.34. The molecule has 3 nitrogen and oxygen atoms in total. The van der Waals surface area contributed by atoms with Crippen molar-refractivity contribution in [2.45, 2.75) is 45.1 Å². The van der Waals surface area contributed by atoms with Crippen LogP contribution in [0.3, 0.4) is 0 Å². The monoisotopic (exact) mass is 227 g/mol. The van der Waals surface area contributed by atoms with Crippen molar-refractivity contribution in [3.05, 3.63) is 0 Å². The Balaban J connectivity index is 2.66. The van der Waals surface area contributed by atoms with Crippen molar-refractivity contribution < 1.29 is 0 Å². The number of nitrogens with two attached hydrogens (primary N) is 1. The van der Waals surface area contributed by atoms with E-state index in [-0.39, 0.29) is 5.54 Å². The first-order chi connectivity index (χ1) is 7.68. The minimum atomic E-state index is 0.282. The molecule has 1 rings (SSSR count). The van der Waals surface area contributed by atoms with Gasteiger partial charge in [0.25, 0.3) is 0 Å². The molecule has 0 saturated carbocycles. The molecule has 3 heteroatoms. The first kappa shape index (κ1) is 13.9. The smallest absolute Gasteiger partial charge is 0.0332 e. The highest BCUT2D eigenvalue weighted by Crippen LogP contribution is 2.27. The third-order valence-electron chi connectivity index (χ3n) is 3.98. The maximum Gasteiger partial charge on any atom is 0.0332 e. The van der Waals surface area contributed by atoms with Crippen LogP contribution in [-0.2, 0) is 0 Å². The lowest BCUT2D eigenvalue weighted by atomic mass is 9.86. The Kier molecular flexibility index (Phi) is 5.73. The van der Waals surface area contributed by atoms with Gasteiger partial charge in [0.05, 0.1) is 0 Å². The van der Waals surface area contributed by atoms with E-state index < -0.39 is 0 Å². The molecule has 1 aliphatic heterocycles. The van der Waals surface area contributed by atoms with Gasteiger partial charge in [-0.05, 0) is 19.9 Å². The van der Waals surface area contributed by atoms with Crippen molar-refractivity contribution in [1.82, 2.24) is 9.80 Å². The van der Waals surface area contributed by atoms with Gasteiger partial charge in [-0.3, -0.25) is 4.90 Å². The van der Waals surface area contributed by atoms with Crippen LogP contribution in [0.1, 0.15) is 39.5 Å². The van der Waals surface area contributed by atoms with E-state index in [0.29, 0.717) is 0 Å². The van der Waals surface area contributed by atoms with Crippen LogP contribution < -0.4 is 5.73 Å². The average Bonchev–Trinajstić information content (AvgIpc) is 2.29. The molecule has 1 fully saturated rings. The predicted molar refractivity (Wildman–Crippen MR) is 70.7 cm³/mol. The number of likely N-dealkylation sites (N-methyl/N-ethyl adjacent to an activating group) is 1. The van der Waals surface area contributed by atoms with Gasteiger partial charge in [0.2, 0.25) is 0 Å². The lowest BCUT2D eigenvalue weighted by molar-refractivity contribution is 0.0314. The van der Waals surface area contributed by atoms with Crippen molar-refractivity contribution in [3.8, 4) is 0 Å². The second-order valence-electron chi connectivity index (χ2n) is 5.22. The molecule has 0 atom stereocenters. The van der Waals surface area contributed by atoms with Crippen molar-refractivity contribution in [2.24, 2.45) is 5.73 Å². The first-order valence-electron chi connectivity index (χ1n) is 6.82. The Labute approximate surface area is 101 Å². The van der Waals surface area contributed by atoms with E-state index in [1.54, 1.807) is 0 Å². The summed E-state index contributed by atoms with van der Waals surface area (Å²) in [6.07, 6.45) is 4.98. The third kappa shape index (κ3) is 3.19. The van der Waals surface area contributed by atoms with E-state index in [1.807, 2.05) is 0 Å². The Hall–Kier alpha value is -0.120. The van der Waals surface area contributed by atoms with Crippen molar-refractivity contribution in [3.63, 3.8) is 0 Å². The van der Waals surface area contributed by atoms with Gasteiger partial charge in [0.15, 0.2) is 0 Å². The molecule has 0 aromatic rings. The standard InChI is InChI=1S/C13H29N3/c1-4-6-13(12-14,7-5-2)16-10-8-15(3)9-11-16/h4-12,14H2,1-3H3. The van der Waals surface area contributed by atoms with Gasteiger partial charge >= 0.3 is 0 Å². The zero-order valence-electron chi connectivity index (χ0n) is 11.3. The largest absolute Gasteiger partial charge is 0.329 e. The Bertz CT molecular complexity index is 180. The highest BCUT2D eigenvalue weighted by atomic mass is 15.3. The molecule has 2 N–H and O–H groups in total. The molecule has 0 aromatic heterocycles. The van der Waals surface area contributed by atoms with Crippen LogP contribution in [0.2, 0.25) is 0 Å². The summed E-state index contributed by atoms with van der Waals surface area (Å²) in [7, 11) is 2.21. The van der Waals surface area contributed by atoms with Crippen molar-refractivity contribution >= 4 is 0 Å². The summed E-state index contributed by atoms with van der Waals surface area (Å²) in [5.74, 6) is 0. The molecular formula is C13H29N3. The van der Waals surface area contributed by atoms with Gasteiger partial charge < -0.3 is 10.6 Å². The van der Waals surface area contributed by atoms with Gasteiger partial charge in [-0.25, -0.2) is 0 Å². The highest BCUT2D eigenvalue weighted by molar-refractivity contribution is 4.93. The second-order valence-corrected chi connectivity index (χ2v) is 5.22. The fraction of sp³-hybridized carbons (Fsp3) is 1.00. The molecule has 1 saturated heterocycles. The fourth-order valence-corrected chi connectivity index (χ4v) is 2.99. The van der Waals surface area contributed by atoms with E-state index in [2.05, 4.69) is 30.7 Å². The molecule has 16 heavy (non-hydrogen) atoms. The lowest BCUT2D eigenvalue weighted by Gasteiger charge is -2.47. The summed E-state index contributed by atoms with van der Waals surface area (Å²) in [6.45, 7) is 10.1. The van der Waals surface area contributed by atoms with E-state index in [4.69, 9.17) is 5.73 Å². The van der Waals surface area contributed by atoms with Crippen LogP contribution in [0.15, 0.2) is 0 Å². The summed E-state index contributed by atoms with van der Waals surface area (Å²) in [5.41, 5.74) is 6.37. The van der Waals surface area contributed by atoms with Crippen LogP contribution >= 0.6 is 0 Å². The van der Waals surface area contributed by atoms with Crippen molar-refractivity contribution in [2.75, 3.05) is 39.8 Å². The van der Waals surface area contributed by atoms with Gasteiger partial charge in [-0.15, -0.1) is 0 Å². The number of nitrogens with zero attached hydrogens (tertiary/aromatic N) is 2. The Morgan fingerprint density at radius 2 is 1.50 bits per heavy atom. The van der Waals surface area contributed by atoms with Crippen molar-refractivity contribution in [1.29, 1.82) is 0 Å². The molecular weight excluding hydrogens is 198 g/mol. The number of piperazine rings is 1. The fourth-order valence-electron chi connectivity index (χ4n) is 2.99. The third-order valence-corrected chi connectivity index (χ3v) is 3.98. The van der Waals surface area contributed by atoms with E-state index >= 15 is 0 Å². The number of hydrogen-bond donors (Lipinski definition) is 1. The summed E-state index contributed by atoms with van der Waals surface area (Å²) < 4.78 is 0. The van der Waals surface area contributed by atoms with E-state index in [1.165, 1.54) is 51.9 Å². The molecule has 0 aromatic carbocycles. The van der Waals surface area contributed by atoms with Crippen LogP contribution in [0.25, 0.3) is 0 Å². The molecule has 1 aliphatic rings. The first-order valence-corrected chi connectivity index (χ1v) is 6.82. The van der Waals surface area contributed by atoms with Gasteiger partial charge in [-0.2, -0.15) is 0 Å². The molecule has 0 spiro atoms. The van der Waals surface area contributed by atoms with Gasteiger partial charge in [0.1, 0.15) is 0 Å². The van der Waals surface area contributed by atoms with Crippen LogP contribution in [0, 0.1) is 0 Å². The zero-order valence-corrected chi connectivity index (χ0v) is 11.3. The molecule has 96 valence electrons. The summed E-state index contributed by atoms with van der Waals surface area (Å²) >= 11 is 0. The summed E-state index contributed by atoms with van der Waals surface area (Å²) in [5, 5.41) is 0. The number of rotatable bonds is 6. The van der Waals surface area contributed by atoms with Crippen LogP contribution in [-0.4, -0.2) is 55.1 Å². The quantitative estimate of drug-likeness (QED) is 0.747. The maximum atomic E-state index is 6.09. The predicted octanol–water partition coefficient (Wildman–Crippen LogP) is 1.53. The molecule has 0 amide bonds. The topological polar surface area (TPSA) is 32.5 Å². The Morgan fingerprint density at radius 1 is 1.00 bits per heavy atom.